The number of aromatic hydroxyl groups is 2. The van der Waals surface area contributed by atoms with Crippen LogP contribution in [0.5, 0.6) is 11.5 Å². The van der Waals surface area contributed by atoms with Gasteiger partial charge in [0.15, 0.2) is 0 Å². The summed E-state index contributed by atoms with van der Waals surface area (Å²) in [6.45, 7) is 0. The molecule has 0 unspecified atom stereocenters. The molecule has 0 saturated carbocycles. The first kappa shape index (κ1) is 35.5. The Bertz CT molecular complexity index is 3530. The van der Waals surface area contributed by atoms with Crippen molar-refractivity contribution in [1.82, 2.24) is 0 Å². The fourth-order valence-corrected chi connectivity index (χ4v) is 11.0. The summed E-state index contributed by atoms with van der Waals surface area (Å²) in [5, 5.41) is 35.0. The van der Waals surface area contributed by atoms with Crippen molar-refractivity contribution in [3.8, 4) is 44.9 Å². The minimum absolute atomic E-state index is 0.248. The molecular formula is C61H38O2. The Kier molecular flexibility index (Phi) is 7.56. The van der Waals surface area contributed by atoms with Gasteiger partial charge in [0, 0.05) is 0 Å². The van der Waals surface area contributed by atoms with Gasteiger partial charge >= 0.3 is 0 Å². The lowest BCUT2D eigenvalue weighted by molar-refractivity contribution is 0.475. The van der Waals surface area contributed by atoms with E-state index in [4.69, 9.17) is 0 Å². The third kappa shape index (κ3) is 5.25. The second-order valence-corrected chi connectivity index (χ2v) is 17.2. The molecule has 13 rings (SSSR count). The summed E-state index contributed by atoms with van der Waals surface area (Å²) in [5.74, 6) is 0.497. The van der Waals surface area contributed by atoms with Gasteiger partial charge in [0.1, 0.15) is 11.5 Å². The van der Waals surface area contributed by atoms with Crippen LogP contribution in [0.3, 0.4) is 0 Å². The van der Waals surface area contributed by atoms with Gasteiger partial charge in [-0.3, -0.25) is 0 Å². The summed E-state index contributed by atoms with van der Waals surface area (Å²) >= 11 is 0. The molecule has 0 saturated heterocycles. The largest absolute Gasteiger partial charge is 0.508 e. The Morgan fingerprint density at radius 3 is 1.02 bits per heavy atom. The van der Waals surface area contributed by atoms with Crippen LogP contribution in [0.2, 0.25) is 0 Å². The van der Waals surface area contributed by atoms with Crippen molar-refractivity contribution < 1.29 is 10.2 Å². The van der Waals surface area contributed by atoms with Crippen molar-refractivity contribution >= 4 is 64.6 Å². The summed E-state index contributed by atoms with van der Waals surface area (Å²) in [6.07, 6.45) is 0. The fraction of sp³-hybridized carbons (Fsp3) is 0.0164. The van der Waals surface area contributed by atoms with Gasteiger partial charge in [0.05, 0.1) is 5.41 Å². The highest BCUT2D eigenvalue weighted by molar-refractivity contribution is 6.14. The summed E-state index contributed by atoms with van der Waals surface area (Å²) in [4.78, 5) is 0. The highest BCUT2D eigenvalue weighted by atomic mass is 16.3. The molecule has 0 bridgehead atoms. The van der Waals surface area contributed by atoms with Gasteiger partial charge in [0.25, 0.3) is 0 Å². The highest BCUT2D eigenvalue weighted by Gasteiger charge is 2.47. The summed E-state index contributed by atoms with van der Waals surface area (Å²) in [7, 11) is 0. The monoisotopic (exact) mass is 802 g/mol. The molecular weight excluding hydrogens is 765 g/mol. The van der Waals surface area contributed by atoms with Gasteiger partial charge in [-0.25, -0.2) is 0 Å². The van der Waals surface area contributed by atoms with Crippen LogP contribution >= 0.6 is 0 Å². The first-order valence-electron chi connectivity index (χ1n) is 21.6. The lowest BCUT2D eigenvalue weighted by Gasteiger charge is -2.35. The Balaban J connectivity index is 1.18. The molecule has 12 aromatic rings. The summed E-state index contributed by atoms with van der Waals surface area (Å²) < 4.78 is 0. The molecule has 0 radical (unpaired) electrons. The maximum atomic E-state index is 10.6. The molecule has 1 aliphatic carbocycles. The number of phenolic OH excluding ortho intramolecular Hbond substituents is 2. The molecule has 63 heavy (non-hydrogen) atoms. The van der Waals surface area contributed by atoms with E-state index in [0.29, 0.717) is 0 Å². The van der Waals surface area contributed by atoms with Crippen LogP contribution in [-0.2, 0) is 5.41 Å². The smallest absolute Gasteiger partial charge is 0.116 e. The lowest BCUT2D eigenvalue weighted by atomic mass is 9.66. The van der Waals surface area contributed by atoms with Gasteiger partial charge in [-0.1, -0.05) is 158 Å². The number of hydrogen-bond donors (Lipinski definition) is 2. The van der Waals surface area contributed by atoms with Gasteiger partial charge in [-0.2, -0.15) is 0 Å². The summed E-state index contributed by atoms with van der Waals surface area (Å²) in [5.41, 5.74) is 11.1. The molecule has 0 aromatic heterocycles. The SMILES string of the molecule is Oc1ccc2cc(C3(c4ccc5cc(O)ccc5c4)c4cc(-c5c6ccccc6cc6ccccc56)ccc4-c4ccc(-c5c6ccccc6cc6ccccc56)cc43)ccc2c1. The Labute approximate surface area is 364 Å². The second-order valence-electron chi connectivity index (χ2n) is 17.2. The first-order chi connectivity index (χ1) is 31.0. The lowest BCUT2D eigenvalue weighted by Crippen LogP contribution is -2.28. The van der Waals surface area contributed by atoms with Gasteiger partial charge in [-0.05, 0) is 181 Å². The molecule has 0 spiro atoms. The number of rotatable bonds is 4. The molecule has 294 valence electrons. The van der Waals surface area contributed by atoms with E-state index < -0.39 is 5.41 Å². The van der Waals surface area contributed by atoms with E-state index in [9.17, 15) is 10.2 Å². The zero-order chi connectivity index (χ0) is 41.8. The van der Waals surface area contributed by atoms with Crippen LogP contribution in [0.15, 0.2) is 218 Å². The van der Waals surface area contributed by atoms with E-state index in [0.717, 1.165) is 43.8 Å². The number of hydrogen-bond acceptors (Lipinski definition) is 2. The number of fused-ring (bicyclic) bond motifs is 9. The average Bonchev–Trinajstić information content (AvgIpc) is 3.61. The molecule has 0 amide bonds. The molecule has 0 atom stereocenters. The van der Waals surface area contributed by atoms with E-state index in [1.54, 1.807) is 12.1 Å². The van der Waals surface area contributed by atoms with E-state index >= 15 is 0 Å². The minimum Gasteiger partial charge on any atom is -0.508 e. The van der Waals surface area contributed by atoms with E-state index in [-0.39, 0.29) is 11.5 Å². The Morgan fingerprint density at radius 1 is 0.270 bits per heavy atom. The minimum atomic E-state index is -0.782. The third-order valence-electron chi connectivity index (χ3n) is 13.8. The van der Waals surface area contributed by atoms with Crippen molar-refractivity contribution in [2.24, 2.45) is 0 Å². The molecule has 2 N–H and O–H groups in total. The van der Waals surface area contributed by atoms with Crippen molar-refractivity contribution in [2.75, 3.05) is 0 Å². The predicted octanol–water partition coefficient (Wildman–Crippen LogP) is 15.7. The van der Waals surface area contributed by atoms with Crippen LogP contribution in [-0.4, -0.2) is 10.2 Å². The Morgan fingerprint density at radius 2 is 0.619 bits per heavy atom. The maximum absolute atomic E-state index is 10.6. The quantitative estimate of drug-likeness (QED) is 0.174. The summed E-state index contributed by atoms with van der Waals surface area (Å²) in [6, 6.07) is 78.7. The topological polar surface area (TPSA) is 40.5 Å². The molecule has 0 aliphatic heterocycles. The molecule has 2 heteroatoms. The average molecular weight is 803 g/mol. The van der Waals surface area contributed by atoms with E-state index in [1.807, 2.05) is 24.3 Å². The van der Waals surface area contributed by atoms with E-state index in [2.05, 4.69) is 182 Å². The van der Waals surface area contributed by atoms with Crippen LogP contribution in [0.4, 0.5) is 0 Å². The zero-order valence-electron chi connectivity index (χ0n) is 34.2. The van der Waals surface area contributed by atoms with Crippen LogP contribution in [0, 0.1) is 0 Å². The van der Waals surface area contributed by atoms with Crippen LogP contribution < -0.4 is 0 Å². The van der Waals surface area contributed by atoms with Crippen molar-refractivity contribution in [1.29, 1.82) is 0 Å². The molecule has 2 nitrogen and oxygen atoms in total. The van der Waals surface area contributed by atoms with E-state index in [1.165, 1.54) is 76.5 Å². The highest BCUT2D eigenvalue weighted by Crippen LogP contribution is 2.59. The standard InChI is InChI=1S/C61H38O2/c62-49-25-19-37-31-47(23-17-39(37)33-49)61(48-24-18-40-34-50(63)26-20-38(40)32-48)57-35-45(59-51-13-5-1-9-41(51)29-42-10-2-6-14-52(42)59)21-27-55(57)56-28-22-46(36-58(56)61)60-53-15-7-3-11-43(53)30-44-12-4-8-16-54(44)60/h1-36,62-63H. The van der Waals surface area contributed by atoms with Gasteiger partial charge < -0.3 is 10.2 Å². The van der Waals surface area contributed by atoms with Crippen LogP contribution in [0.25, 0.3) is 98.0 Å². The van der Waals surface area contributed by atoms with Crippen molar-refractivity contribution in [3.63, 3.8) is 0 Å². The maximum Gasteiger partial charge on any atom is 0.116 e. The predicted molar refractivity (Wildman–Crippen MR) is 263 cm³/mol. The van der Waals surface area contributed by atoms with Crippen LogP contribution in [0.1, 0.15) is 22.3 Å². The van der Waals surface area contributed by atoms with Crippen molar-refractivity contribution in [2.45, 2.75) is 5.41 Å². The first-order valence-corrected chi connectivity index (χ1v) is 21.6. The van der Waals surface area contributed by atoms with Crippen molar-refractivity contribution in [3.05, 3.63) is 241 Å². The molecule has 1 aliphatic rings. The zero-order valence-corrected chi connectivity index (χ0v) is 34.2. The molecule has 12 aromatic carbocycles. The molecule has 0 heterocycles. The normalized spacial score (nSPS) is 13.0. The van der Waals surface area contributed by atoms with Gasteiger partial charge in [0.2, 0.25) is 0 Å². The number of phenols is 2. The second kappa shape index (κ2) is 13.4. The Hall–Kier alpha value is -8.20. The third-order valence-corrected chi connectivity index (χ3v) is 13.8. The number of benzene rings is 12. The van der Waals surface area contributed by atoms with Gasteiger partial charge in [-0.15, -0.1) is 0 Å². The fourth-order valence-electron chi connectivity index (χ4n) is 11.0. The molecule has 0 fully saturated rings.